The van der Waals surface area contributed by atoms with Crippen LogP contribution in [0.25, 0.3) is 0 Å². The molecular formula is C12H12ClIN2O2. The van der Waals surface area contributed by atoms with E-state index >= 15 is 0 Å². The summed E-state index contributed by atoms with van der Waals surface area (Å²) in [5.74, 6) is -0.275. The van der Waals surface area contributed by atoms with Crippen molar-refractivity contribution in [2.75, 3.05) is 11.9 Å². The van der Waals surface area contributed by atoms with Gasteiger partial charge in [-0.3, -0.25) is 9.59 Å². The van der Waals surface area contributed by atoms with Crippen molar-refractivity contribution in [2.45, 2.75) is 12.8 Å². The van der Waals surface area contributed by atoms with E-state index in [0.717, 1.165) is 3.57 Å². The Morgan fingerprint density at radius 1 is 1.50 bits per heavy atom. The number of halogens is 2. The third-order valence-corrected chi connectivity index (χ3v) is 3.81. The number of nitrogens with one attached hydrogen (secondary N) is 2. The third-order valence-electron chi connectivity index (χ3n) is 2.83. The molecule has 1 aromatic rings. The Morgan fingerprint density at radius 3 is 2.89 bits per heavy atom. The van der Waals surface area contributed by atoms with E-state index in [4.69, 9.17) is 11.6 Å². The van der Waals surface area contributed by atoms with Gasteiger partial charge < -0.3 is 10.6 Å². The maximum absolute atomic E-state index is 12.0. The first-order valence-corrected chi connectivity index (χ1v) is 7.04. The number of benzene rings is 1. The smallest absolute Gasteiger partial charge is 0.229 e. The van der Waals surface area contributed by atoms with E-state index in [1.165, 1.54) is 0 Å². The van der Waals surface area contributed by atoms with Crippen molar-refractivity contribution < 1.29 is 9.59 Å². The number of carbonyl (C=O) groups excluding carboxylic acids is 2. The molecule has 6 heteroatoms. The maximum Gasteiger partial charge on any atom is 0.229 e. The second-order valence-corrected chi connectivity index (χ2v) is 5.81. The van der Waals surface area contributed by atoms with Crippen LogP contribution in [0.4, 0.5) is 5.69 Å². The molecule has 0 radical (unpaired) electrons. The Balaban J connectivity index is 2.00. The zero-order valence-corrected chi connectivity index (χ0v) is 12.4. The summed E-state index contributed by atoms with van der Waals surface area (Å²) in [6, 6.07) is 5.45. The molecule has 2 rings (SSSR count). The molecule has 1 aliphatic heterocycles. The van der Waals surface area contributed by atoms with Crippen LogP contribution < -0.4 is 10.6 Å². The molecule has 4 nitrogen and oxygen atoms in total. The summed E-state index contributed by atoms with van der Waals surface area (Å²) in [5.41, 5.74) is 0.610. The van der Waals surface area contributed by atoms with Gasteiger partial charge >= 0.3 is 0 Å². The first-order chi connectivity index (χ1) is 8.56. The van der Waals surface area contributed by atoms with Gasteiger partial charge in [0.15, 0.2) is 0 Å². The van der Waals surface area contributed by atoms with Crippen LogP contribution >= 0.6 is 34.2 Å². The van der Waals surface area contributed by atoms with E-state index in [1.54, 1.807) is 12.1 Å². The average Bonchev–Trinajstić information content (AvgIpc) is 2.33. The Bertz CT molecular complexity index is 483. The minimum absolute atomic E-state index is 0.00588. The van der Waals surface area contributed by atoms with Crippen LogP contribution in [-0.4, -0.2) is 18.4 Å². The first-order valence-electron chi connectivity index (χ1n) is 5.59. The van der Waals surface area contributed by atoms with Gasteiger partial charge in [-0.2, -0.15) is 0 Å². The minimum atomic E-state index is -0.182. The lowest BCUT2D eigenvalue weighted by Crippen LogP contribution is -2.40. The Kier molecular flexibility index (Phi) is 4.45. The Labute approximate surface area is 124 Å². The number of hydrogen-bond acceptors (Lipinski definition) is 2. The van der Waals surface area contributed by atoms with Crippen LogP contribution in [0.3, 0.4) is 0 Å². The van der Waals surface area contributed by atoms with Gasteiger partial charge in [-0.25, -0.2) is 0 Å². The summed E-state index contributed by atoms with van der Waals surface area (Å²) in [5, 5.41) is 6.01. The first kappa shape index (κ1) is 13.6. The number of amides is 2. The minimum Gasteiger partial charge on any atom is -0.355 e. The summed E-state index contributed by atoms with van der Waals surface area (Å²) in [7, 11) is 0. The molecule has 2 amide bonds. The lowest BCUT2D eigenvalue weighted by molar-refractivity contribution is -0.126. The molecule has 0 spiro atoms. The van der Waals surface area contributed by atoms with Gasteiger partial charge in [0.05, 0.1) is 16.6 Å². The normalized spacial score (nSPS) is 19.2. The monoisotopic (exact) mass is 378 g/mol. The zero-order chi connectivity index (χ0) is 13.1. The van der Waals surface area contributed by atoms with Gasteiger partial charge in [0.1, 0.15) is 0 Å². The van der Waals surface area contributed by atoms with Crippen molar-refractivity contribution in [3.8, 4) is 0 Å². The van der Waals surface area contributed by atoms with Crippen molar-refractivity contribution in [1.82, 2.24) is 5.32 Å². The highest BCUT2D eigenvalue weighted by atomic mass is 127. The van der Waals surface area contributed by atoms with Crippen LogP contribution in [0.5, 0.6) is 0 Å². The molecule has 0 aromatic heterocycles. The number of piperidine rings is 1. The fraction of sp³-hybridized carbons (Fsp3) is 0.333. The highest BCUT2D eigenvalue weighted by Crippen LogP contribution is 2.25. The lowest BCUT2D eigenvalue weighted by Gasteiger charge is -2.21. The fourth-order valence-corrected chi connectivity index (χ4v) is 2.69. The Morgan fingerprint density at radius 2 is 2.28 bits per heavy atom. The van der Waals surface area contributed by atoms with E-state index in [0.29, 0.717) is 30.1 Å². The lowest BCUT2D eigenvalue weighted by atomic mass is 9.98. The number of anilines is 1. The molecule has 2 N–H and O–H groups in total. The van der Waals surface area contributed by atoms with Crippen LogP contribution in [0, 0.1) is 9.49 Å². The van der Waals surface area contributed by atoms with Crippen LogP contribution in [-0.2, 0) is 9.59 Å². The van der Waals surface area contributed by atoms with E-state index in [1.807, 2.05) is 6.07 Å². The highest BCUT2D eigenvalue weighted by Gasteiger charge is 2.24. The second kappa shape index (κ2) is 5.88. The van der Waals surface area contributed by atoms with Crippen LogP contribution in [0.15, 0.2) is 18.2 Å². The summed E-state index contributed by atoms with van der Waals surface area (Å²) < 4.78 is 1.01. The van der Waals surface area contributed by atoms with Crippen molar-refractivity contribution in [3.63, 3.8) is 0 Å². The molecular weight excluding hydrogens is 367 g/mol. The number of hydrogen-bond donors (Lipinski definition) is 2. The van der Waals surface area contributed by atoms with E-state index in [-0.39, 0.29) is 17.7 Å². The van der Waals surface area contributed by atoms with Gasteiger partial charge in [-0.05, 0) is 47.2 Å². The van der Waals surface area contributed by atoms with Gasteiger partial charge in [0.25, 0.3) is 0 Å². The molecule has 0 bridgehead atoms. The standard InChI is InChI=1S/C12H12ClIN2O2/c13-9-5-8(14)2-3-10(9)16-12(18)7-1-4-11(17)15-6-7/h2-3,5,7H,1,4,6H2,(H,15,17)(H,16,18). The molecule has 1 heterocycles. The molecule has 1 saturated heterocycles. The average molecular weight is 379 g/mol. The van der Waals surface area contributed by atoms with Crippen LogP contribution in [0.2, 0.25) is 5.02 Å². The van der Waals surface area contributed by atoms with Gasteiger partial charge in [-0.15, -0.1) is 0 Å². The summed E-state index contributed by atoms with van der Waals surface area (Å²) in [6.07, 6.45) is 0.984. The van der Waals surface area contributed by atoms with Crippen molar-refractivity contribution in [3.05, 3.63) is 26.8 Å². The SMILES string of the molecule is O=C1CCC(C(=O)Nc2ccc(I)cc2Cl)CN1. The maximum atomic E-state index is 12.0. The van der Waals surface area contributed by atoms with E-state index in [2.05, 4.69) is 33.2 Å². The summed E-state index contributed by atoms with van der Waals surface area (Å²) in [6.45, 7) is 0.395. The predicted molar refractivity (Wildman–Crippen MR) is 78.5 cm³/mol. The quantitative estimate of drug-likeness (QED) is 0.777. The predicted octanol–water partition coefficient (Wildman–Crippen LogP) is 2.41. The van der Waals surface area contributed by atoms with Gasteiger partial charge in [0.2, 0.25) is 11.8 Å². The molecule has 1 unspecified atom stereocenters. The van der Waals surface area contributed by atoms with E-state index in [9.17, 15) is 9.59 Å². The molecule has 0 saturated carbocycles. The highest BCUT2D eigenvalue weighted by molar-refractivity contribution is 14.1. The van der Waals surface area contributed by atoms with Gasteiger partial charge in [-0.1, -0.05) is 11.6 Å². The fourth-order valence-electron chi connectivity index (χ4n) is 1.78. The molecule has 1 atom stereocenters. The van der Waals surface area contributed by atoms with Crippen molar-refractivity contribution in [1.29, 1.82) is 0 Å². The zero-order valence-electron chi connectivity index (χ0n) is 9.50. The van der Waals surface area contributed by atoms with Crippen molar-refractivity contribution in [2.24, 2.45) is 5.92 Å². The number of carbonyl (C=O) groups is 2. The van der Waals surface area contributed by atoms with Gasteiger partial charge in [0, 0.05) is 16.5 Å². The molecule has 96 valence electrons. The number of rotatable bonds is 2. The molecule has 1 fully saturated rings. The summed E-state index contributed by atoms with van der Waals surface area (Å²) in [4.78, 5) is 23.0. The molecule has 18 heavy (non-hydrogen) atoms. The second-order valence-electron chi connectivity index (χ2n) is 4.15. The van der Waals surface area contributed by atoms with Crippen molar-refractivity contribution >= 4 is 51.7 Å². The summed E-state index contributed by atoms with van der Waals surface area (Å²) >= 11 is 8.20. The molecule has 0 aliphatic carbocycles. The topological polar surface area (TPSA) is 58.2 Å². The largest absolute Gasteiger partial charge is 0.355 e. The Hall–Kier alpha value is -0.820. The third kappa shape index (κ3) is 3.35. The van der Waals surface area contributed by atoms with Crippen LogP contribution in [0.1, 0.15) is 12.8 Å². The molecule has 1 aliphatic rings. The van der Waals surface area contributed by atoms with E-state index < -0.39 is 0 Å². The molecule has 1 aromatic carbocycles.